The summed E-state index contributed by atoms with van der Waals surface area (Å²) >= 11 is 0. The van der Waals surface area contributed by atoms with Crippen molar-refractivity contribution in [2.75, 3.05) is 7.11 Å². The summed E-state index contributed by atoms with van der Waals surface area (Å²) in [5.74, 6) is 2.96. The Bertz CT molecular complexity index is 643. The van der Waals surface area contributed by atoms with Crippen molar-refractivity contribution < 1.29 is 18.9 Å². The molecule has 4 nitrogen and oxygen atoms in total. The van der Waals surface area contributed by atoms with E-state index in [4.69, 9.17) is 18.9 Å². The maximum absolute atomic E-state index is 6.11. The summed E-state index contributed by atoms with van der Waals surface area (Å²) in [4.78, 5) is 11.8. The third-order valence-corrected chi connectivity index (χ3v) is 7.63. The predicted octanol–water partition coefficient (Wildman–Crippen LogP) is 4.27. The smallest absolute Gasteiger partial charge is 0.274 e. The Kier molecular flexibility index (Phi) is 3.62. The molecule has 135 valence electrons. The number of methoxy groups -OCH3 is 1. The normalized spacial score (nSPS) is 44.3. The molecule has 1 aromatic carbocycles. The van der Waals surface area contributed by atoms with Crippen LogP contribution in [0.4, 0.5) is 0 Å². The fourth-order valence-electron chi connectivity index (χ4n) is 6.36. The molecule has 1 atom stereocenters. The Morgan fingerprint density at radius 3 is 2.20 bits per heavy atom. The molecule has 4 saturated carbocycles. The topological polar surface area (TPSA) is 36.9 Å². The fourth-order valence-corrected chi connectivity index (χ4v) is 6.95. The van der Waals surface area contributed by atoms with Gasteiger partial charge >= 0.3 is 0 Å². The summed E-state index contributed by atoms with van der Waals surface area (Å²) in [6.45, 7) is 4.29. The summed E-state index contributed by atoms with van der Waals surface area (Å²) in [6, 6.07) is 8.26. The van der Waals surface area contributed by atoms with Crippen molar-refractivity contribution in [3.63, 3.8) is 0 Å². The molecule has 5 aliphatic rings. The van der Waals surface area contributed by atoms with Crippen molar-refractivity contribution >= 4 is 9.04 Å². The molecule has 1 aromatic rings. The molecule has 5 fully saturated rings. The van der Waals surface area contributed by atoms with Gasteiger partial charge in [0.05, 0.1) is 0 Å². The molecule has 1 unspecified atom stereocenters. The van der Waals surface area contributed by atoms with Gasteiger partial charge in [-0.15, -0.1) is 0 Å². The molecule has 1 aliphatic heterocycles. The molecule has 4 bridgehead atoms. The minimum Gasteiger partial charge on any atom is -0.543 e. The third-order valence-electron chi connectivity index (χ3n) is 6.99. The van der Waals surface area contributed by atoms with Crippen molar-refractivity contribution in [1.29, 1.82) is 0 Å². The Morgan fingerprint density at radius 1 is 1.00 bits per heavy atom. The van der Waals surface area contributed by atoms with Gasteiger partial charge in [0.1, 0.15) is 5.75 Å². The van der Waals surface area contributed by atoms with Crippen molar-refractivity contribution in [3.8, 4) is 5.75 Å². The Labute approximate surface area is 151 Å². The van der Waals surface area contributed by atoms with Crippen LogP contribution in [0.15, 0.2) is 24.3 Å². The summed E-state index contributed by atoms with van der Waals surface area (Å²) in [7, 11) is 0.956. The van der Waals surface area contributed by atoms with Crippen molar-refractivity contribution in [1.82, 2.24) is 0 Å². The van der Waals surface area contributed by atoms with E-state index < -0.39 is 14.8 Å². The molecule has 0 amide bonds. The second kappa shape index (κ2) is 5.56. The second-order valence-corrected chi connectivity index (χ2v) is 10.6. The summed E-state index contributed by atoms with van der Waals surface area (Å²) in [6.07, 6.45) is 6.46. The maximum atomic E-state index is 6.11. The van der Waals surface area contributed by atoms with E-state index in [1.807, 2.05) is 12.1 Å². The first-order chi connectivity index (χ1) is 12.1. The first-order valence-electron chi connectivity index (χ1n) is 9.58. The van der Waals surface area contributed by atoms with Gasteiger partial charge in [-0.05, 0) is 81.0 Å². The lowest BCUT2D eigenvalue weighted by Crippen LogP contribution is -2.76. The molecule has 5 heteroatoms. The minimum atomic E-state index is -0.805. The SMILES string of the molecule is COC1(c2cccc(O[Si](C)C)c2)OOC12C1CC3CC(C1)CC2C3. The van der Waals surface area contributed by atoms with Gasteiger partial charge in [-0.1, -0.05) is 12.1 Å². The lowest BCUT2D eigenvalue weighted by atomic mass is 9.47. The largest absolute Gasteiger partial charge is 0.543 e. The van der Waals surface area contributed by atoms with E-state index >= 15 is 0 Å². The van der Waals surface area contributed by atoms with Gasteiger partial charge in [-0.25, -0.2) is 4.89 Å². The standard InChI is InChI=1S/C20H27O4Si/c1-21-20(15-5-4-6-18(12-15)22-25(2)3)19(23-24-20)16-8-13-7-14(10-16)11-17(19)9-13/h4-6,12-14,16-17H,7-11H2,1-3H3. The lowest BCUT2D eigenvalue weighted by molar-refractivity contribution is -0.645. The van der Waals surface area contributed by atoms with Crippen LogP contribution in [0.5, 0.6) is 5.75 Å². The van der Waals surface area contributed by atoms with Crippen LogP contribution in [0.3, 0.4) is 0 Å². The Hall–Kier alpha value is -0.883. The molecule has 25 heavy (non-hydrogen) atoms. The van der Waals surface area contributed by atoms with E-state index in [0.717, 1.165) is 23.1 Å². The van der Waals surface area contributed by atoms with E-state index in [1.165, 1.54) is 32.1 Å². The highest BCUT2D eigenvalue weighted by molar-refractivity contribution is 6.49. The highest BCUT2D eigenvalue weighted by atomic mass is 28.3. The monoisotopic (exact) mass is 359 g/mol. The zero-order valence-electron chi connectivity index (χ0n) is 15.3. The number of ether oxygens (including phenoxy) is 1. The van der Waals surface area contributed by atoms with Gasteiger partial charge in [-0.3, -0.25) is 0 Å². The Morgan fingerprint density at radius 2 is 1.68 bits per heavy atom. The molecule has 4 aliphatic carbocycles. The number of hydrogen-bond donors (Lipinski definition) is 0. The Balaban J connectivity index is 1.55. The molecule has 1 spiro atoms. The van der Waals surface area contributed by atoms with E-state index in [0.29, 0.717) is 11.8 Å². The van der Waals surface area contributed by atoms with E-state index in [1.54, 1.807) is 7.11 Å². The molecule has 6 rings (SSSR count). The molecule has 1 radical (unpaired) electrons. The summed E-state index contributed by atoms with van der Waals surface area (Å²) < 4.78 is 12.1. The molecule has 0 N–H and O–H groups in total. The van der Waals surface area contributed by atoms with Crippen LogP contribution < -0.4 is 4.43 Å². The molecular formula is C20H27O4Si. The van der Waals surface area contributed by atoms with Crippen LogP contribution in [-0.4, -0.2) is 21.8 Å². The summed E-state index contributed by atoms with van der Waals surface area (Å²) in [5.41, 5.74) is 0.717. The van der Waals surface area contributed by atoms with E-state index in [2.05, 4.69) is 25.2 Å². The summed E-state index contributed by atoms with van der Waals surface area (Å²) in [5, 5.41) is 0. The average molecular weight is 360 g/mol. The van der Waals surface area contributed by atoms with Gasteiger partial charge in [0, 0.05) is 12.7 Å². The van der Waals surface area contributed by atoms with Gasteiger partial charge in [-0.2, -0.15) is 4.89 Å². The molecule has 1 saturated heterocycles. The van der Waals surface area contributed by atoms with Crippen LogP contribution in [0.2, 0.25) is 13.1 Å². The minimum absolute atomic E-state index is 0.319. The van der Waals surface area contributed by atoms with Crippen LogP contribution in [0.25, 0.3) is 0 Å². The van der Waals surface area contributed by atoms with Gasteiger partial charge < -0.3 is 9.16 Å². The average Bonchev–Trinajstić information content (AvgIpc) is 2.54. The van der Waals surface area contributed by atoms with Gasteiger partial charge in [0.25, 0.3) is 14.8 Å². The highest BCUT2D eigenvalue weighted by Gasteiger charge is 2.76. The number of hydrogen-bond acceptors (Lipinski definition) is 4. The van der Waals surface area contributed by atoms with Gasteiger partial charge in [0.2, 0.25) is 0 Å². The van der Waals surface area contributed by atoms with Crippen molar-refractivity contribution in [3.05, 3.63) is 29.8 Å². The molecular weight excluding hydrogens is 332 g/mol. The van der Waals surface area contributed by atoms with Crippen molar-refractivity contribution in [2.24, 2.45) is 23.7 Å². The zero-order valence-corrected chi connectivity index (χ0v) is 16.3. The third kappa shape index (κ3) is 2.10. The van der Waals surface area contributed by atoms with E-state index in [9.17, 15) is 0 Å². The van der Waals surface area contributed by atoms with Crippen LogP contribution in [0, 0.1) is 23.7 Å². The number of benzene rings is 1. The predicted molar refractivity (Wildman–Crippen MR) is 95.2 cm³/mol. The second-order valence-electron chi connectivity index (χ2n) is 8.62. The van der Waals surface area contributed by atoms with Crippen molar-refractivity contribution in [2.45, 2.75) is 56.6 Å². The van der Waals surface area contributed by atoms with Gasteiger partial charge in [0.15, 0.2) is 5.60 Å². The highest BCUT2D eigenvalue weighted by Crippen LogP contribution is 2.69. The molecule has 1 heterocycles. The molecule has 0 aromatic heterocycles. The van der Waals surface area contributed by atoms with Crippen LogP contribution in [0.1, 0.15) is 37.7 Å². The quantitative estimate of drug-likeness (QED) is 0.594. The van der Waals surface area contributed by atoms with Crippen LogP contribution >= 0.6 is 0 Å². The maximum Gasteiger partial charge on any atom is 0.274 e. The van der Waals surface area contributed by atoms with E-state index in [-0.39, 0.29) is 5.60 Å². The fraction of sp³-hybridized carbons (Fsp3) is 0.700. The van der Waals surface area contributed by atoms with Crippen LogP contribution in [-0.2, 0) is 20.3 Å². The number of rotatable bonds is 4. The lowest BCUT2D eigenvalue weighted by Gasteiger charge is -2.68. The zero-order chi connectivity index (χ0) is 17.2. The first-order valence-corrected chi connectivity index (χ1v) is 12.0. The first kappa shape index (κ1) is 16.3.